The molecule has 0 unspecified atom stereocenters. The molecule has 0 saturated carbocycles. The van der Waals surface area contributed by atoms with Crippen molar-refractivity contribution in [3.63, 3.8) is 0 Å². The van der Waals surface area contributed by atoms with Gasteiger partial charge in [-0.15, -0.1) is 12.4 Å². The van der Waals surface area contributed by atoms with Crippen LogP contribution in [0.5, 0.6) is 0 Å². The number of piperazine rings is 1. The Kier molecular flexibility index (Phi) is 8.09. The van der Waals surface area contributed by atoms with Crippen molar-refractivity contribution in [2.24, 2.45) is 5.92 Å². The second-order valence-corrected chi connectivity index (χ2v) is 9.27. The van der Waals surface area contributed by atoms with Crippen molar-refractivity contribution in [2.75, 3.05) is 39.3 Å². The van der Waals surface area contributed by atoms with Crippen LogP contribution < -0.4 is 5.32 Å². The maximum absolute atomic E-state index is 12.7. The molecule has 2 heterocycles. The first kappa shape index (κ1) is 22.1. The van der Waals surface area contributed by atoms with Gasteiger partial charge in [0.25, 0.3) is 0 Å². The summed E-state index contributed by atoms with van der Waals surface area (Å²) in [5, 5.41) is 3.34. The predicted molar refractivity (Wildman–Crippen MR) is 109 cm³/mol. The number of benzene rings is 1. The van der Waals surface area contributed by atoms with E-state index in [1.807, 2.05) is 24.0 Å². The number of rotatable bonds is 5. The Labute approximate surface area is 168 Å². The van der Waals surface area contributed by atoms with Crippen molar-refractivity contribution in [2.45, 2.75) is 37.5 Å². The molecule has 27 heavy (non-hydrogen) atoms. The summed E-state index contributed by atoms with van der Waals surface area (Å²) in [5.41, 5.74) is 1.04. The number of nitrogens with zero attached hydrogens (tertiary/aromatic N) is 2. The Morgan fingerprint density at radius 1 is 1.07 bits per heavy atom. The van der Waals surface area contributed by atoms with Crippen molar-refractivity contribution in [3.05, 3.63) is 29.8 Å². The molecule has 1 N–H and O–H groups in total. The molecule has 0 aromatic heterocycles. The third-order valence-electron chi connectivity index (χ3n) is 5.48. The predicted octanol–water partition coefficient (Wildman–Crippen LogP) is 2.03. The molecule has 2 aliphatic heterocycles. The third kappa shape index (κ3) is 5.67. The van der Waals surface area contributed by atoms with Crippen LogP contribution in [0.1, 0.15) is 31.2 Å². The van der Waals surface area contributed by atoms with Gasteiger partial charge in [0.05, 0.1) is 4.90 Å². The summed E-state index contributed by atoms with van der Waals surface area (Å²) in [6.07, 6.45) is 3.82. The minimum absolute atomic E-state index is 0. The maximum atomic E-state index is 12.7. The zero-order valence-corrected chi connectivity index (χ0v) is 17.5. The van der Waals surface area contributed by atoms with Crippen LogP contribution in [0.25, 0.3) is 0 Å². The number of amides is 1. The minimum atomic E-state index is -3.47. The lowest BCUT2D eigenvalue weighted by atomic mass is 9.93. The molecule has 0 bridgehead atoms. The summed E-state index contributed by atoms with van der Waals surface area (Å²) in [4.78, 5) is 14.6. The van der Waals surface area contributed by atoms with Gasteiger partial charge >= 0.3 is 0 Å². The number of halogens is 1. The molecule has 2 aliphatic rings. The summed E-state index contributed by atoms with van der Waals surface area (Å²) in [5.74, 6) is 0.805. The molecule has 0 atom stereocenters. The van der Waals surface area contributed by atoms with Crippen LogP contribution in [0, 0.1) is 12.8 Å². The van der Waals surface area contributed by atoms with Gasteiger partial charge < -0.3 is 10.2 Å². The van der Waals surface area contributed by atoms with Gasteiger partial charge in [-0.3, -0.25) is 4.79 Å². The normalized spacial score (nSPS) is 19.5. The number of carbonyl (C=O) groups excluding carboxylic acids is 1. The van der Waals surface area contributed by atoms with Crippen LogP contribution in [0.15, 0.2) is 29.2 Å². The summed E-state index contributed by atoms with van der Waals surface area (Å²) in [6, 6.07) is 6.93. The van der Waals surface area contributed by atoms with Crippen molar-refractivity contribution < 1.29 is 13.2 Å². The monoisotopic (exact) mass is 415 g/mol. The number of nitrogens with one attached hydrogen (secondary N) is 1. The molecule has 0 radical (unpaired) electrons. The third-order valence-corrected chi connectivity index (χ3v) is 7.39. The zero-order chi connectivity index (χ0) is 18.6. The second kappa shape index (κ2) is 9.87. The summed E-state index contributed by atoms with van der Waals surface area (Å²) in [7, 11) is -3.47. The highest BCUT2D eigenvalue weighted by molar-refractivity contribution is 7.89. The van der Waals surface area contributed by atoms with E-state index in [-0.39, 0.29) is 18.3 Å². The minimum Gasteiger partial charge on any atom is -0.340 e. The number of carbonyl (C=O) groups is 1. The molecule has 6 nitrogen and oxygen atoms in total. The summed E-state index contributed by atoms with van der Waals surface area (Å²) in [6.45, 7) is 5.74. The Balaban J connectivity index is 0.00000261. The maximum Gasteiger partial charge on any atom is 0.243 e. The number of piperidine rings is 1. The van der Waals surface area contributed by atoms with Gasteiger partial charge in [0.15, 0.2) is 0 Å². The number of sulfonamides is 1. The number of hydrogen-bond donors (Lipinski definition) is 1. The van der Waals surface area contributed by atoms with Crippen LogP contribution in [0.3, 0.4) is 0 Å². The van der Waals surface area contributed by atoms with Gasteiger partial charge in [-0.25, -0.2) is 8.42 Å². The first-order valence-corrected chi connectivity index (χ1v) is 11.0. The van der Waals surface area contributed by atoms with Crippen LogP contribution in [-0.2, 0) is 14.8 Å². The molecular formula is C19H30ClN3O3S. The highest BCUT2D eigenvalue weighted by Crippen LogP contribution is 2.21. The lowest BCUT2D eigenvalue weighted by molar-refractivity contribution is -0.132. The van der Waals surface area contributed by atoms with Crippen LogP contribution in [-0.4, -0.2) is 62.8 Å². The standard InChI is InChI=1S/C19H29N3O3S.ClH/c1-16-2-5-18(6-3-16)26(24,25)22-14-12-21(13-15-22)19(23)7-4-17-8-10-20-11-9-17;/h2-3,5-6,17,20H,4,7-15H2,1H3;1H. The lowest BCUT2D eigenvalue weighted by Gasteiger charge is -2.34. The molecular weight excluding hydrogens is 386 g/mol. The van der Waals surface area contributed by atoms with Gasteiger partial charge in [-0.1, -0.05) is 17.7 Å². The van der Waals surface area contributed by atoms with E-state index >= 15 is 0 Å². The summed E-state index contributed by atoms with van der Waals surface area (Å²) < 4.78 is 26.9. The Bertz CT molecular complexity index is 710. The average Bonchev–Trinajstić information content (AvgIpc) is 2.67. The quantitative estimate of drug-likeness (QED) is 0.798. The molecule has 0 spiro atoms. The van der Waals surface area contributed by atoms with E-state index in [4.69, 9.17) is 0 Å². The average molecular weight is 416 g/mol. The van der Waals surface area contributed by atoms with Gasteiger partial charge in [0, 0.05) is 32.6 Å². The highest BCUT2D eigenvalue weighted by atomic mass is 35.5. The Morgan fingerprint density at radius 2 is 1.67 bits per heavy atom. The van der Waals surface area contributed by atoms with E-state index < -0.39 is 10.0 Å². The molecule has 2 fully saturated rings. The Morgan fingerprint density at radius 3 is 2.26 bits per heavy atom. The van der Waals surface area contributed by atoms with Crippen LogP contribution >= 0.6 is 12.4 Å². The zero-order valence-electron chi connectivity index (χ0n) is 15.9. The highest BCUT2D eigenvalue weighted by Gasteiger charge is 2.30. The second-order valence-electron chi connectivity index (χ2n) is 7.33. The molecule has 0 aliphatic carbocycles. The van der Waals surface area contributed by atoms with Crippen molar-refractivity contribution in [1.82, 2.24) is 14.5 Å². The van der Waals surface area contributed by atoms with E-state index in [2.05, 4.69) is 5.32 Å². The van der Waals surface area contributed by atoms with Gasteiger partial charge in [-0.2, -0.15) is 4.31 Å². The first-order valence-electron chi connectivity index (χ1n) is 9.52. The van der Waals surface area contributed by atoms with Gasteiger partial charge in [-0.05, 0) is 57.3 Å². The fourth-order valence-corrected chi connectivity index (χ4v) is 5.12. The van der Waals surface area contributed by atoms with E-state index in [0.29, 0.717) is 43.4 Å². The van der Waals surface area contributed by atoms with E-state index in [1.54, 1.807) is 12.1 Å². The van der Waals surface area contributed by atoms with Crippen molar-refractivity contribution >= 4 is 28.3 Å². The lowest BCUT2D eigenvalue weighted by Crippen LogP contribution is -2.50. The molecule has 1 aromatic rings. The first-order chi connectivity index (χ1) is 12.5. The van der Waals surface area contributed by atoms with Crippen molar-refractivity contribution in [3.8, 4) is 0 Å². The fraction of sp³-hybridized carbons (Fsp3) is 0.632. The summed E-state index contributed by atoms with van der Waals surface area (Å²) >= 11 is 0. The molecule has 3 rings (SSSR count). The van der Waals surface area contributed by atoms with Crippen LogP contribution in [0.2, 0.25) is 0 Å². The van der Waals surface area contributed by atoms with E-state index in [0.717, 1.165) is 37.9 Å². The largest absolute Gasteiger partial charge is 0.340 e. The van der Waals surface area contributed by atoms with E-state index in [9.17, 15) is 13.2 Å². The molecule has 2 saturated heterocycles. The molecule has 152 valence electrons. The molecule has 1 aromatic carbocycles. The van der Waals surface area contributed by atoms with E-state index in [1.165, 1.54) is 4.31 Å². The van der Waals surface area contributed by atoms with Gasteiger partial charge in [0.2, 0.25) is 15.9 Å². The van der Waals surface area contributed by atoms with Crippen LogP contribution in [0.4, 0.5) is 0 Å². The fourth-order valence-electron chi connectivity index (χ4n) is 3.69. The van der Waals surface area contributed by atoms with Crippen molar-refractivity contribution in [1.29, 1.82) is 0 Å². The topological polar surface area (TPSA) is 69.7 Å². The SMILES string of the molecule is Cc1ccc(S(=O)(=O)N2CCN(C(=O)CCC3CCNCC3)CC2)cc1.Cl. The number of aryl methyl sites for hydroxylation is 1. The molecule has 8 heteroatoms. The molecule has 1 amide bonds. The Hall–Kier alpha value is -1.15. The smallest absolute Gasteiger partial charge is 0.243 e. The number of hydrogen-bond acceptors (Lipinski definition) is 4. The van der Waals surface area contributed by atoms with Gasteiger partial charge in [0.1, 0.15) is 0 Å².